The third kappa shape index (κ3) is 3.25. The molecule has 0 radical (unpaired) electrons. The summed E-state index contributed by atoms with van der Waals surface area (Å²) in [5, 5.41) is 2.93. The number of hydrogen-bond acceptors (Lipinski definition) is 2. The Hall–Kier alpha value is -0.580. The third-order valence-corrected chi connectivity index (χ3v) is 4.00. The van der Waals surface area contributed by atoms with Crippen LogP contribution in [-0.4, -0.2) is 18.5 Å². The number of hydrogen-bond donors (Lipinski definition) is 2. The number of carbonyl (C=O) groups excluding carboxylic acids is 1. The van der Waals surface area contributed by atoms with Crippen LogP contribution in [0, 0.1) is 0 Å². The highest BCUT2D eigenvalue weighted by Crippen LogP contribution is 2.49. The van der Waals surface area contributed by atoms with Crippen LogP contribution in [0.5, 0.6) is 0 Å². The van der Waals surface area contributed by atoms with Crippen LogP contribution in [0.2, 0.25) is 0 Å². The van der Waals surface area contributed by atoms with E-state index >= 15 is 0 Å². The third-order valence-electron chi connectivity index (χ3n) is 3.31. The molecule has 0 saturated heterocycles. The number of nitrogens with two attached hydrogens (primary N) is 1. The summed E-state index contributed by atoms with van der Waals surface area (Å²) in [4.78, 5) is 11.5. The monoisotopic (exact) mass is 332 g/mol. The van der Waals surface area contributed by atoms with Crippen molar-refractivity contribution in [2.45, 2.75) is 31.2 Å². The van der Waals surface area contributed by atoms with Crippen LogP contribution in [0.15, 0.2) is 28.7 Å². The minimum atomic E-state index is -0.440. The summed E-state index contributed by atoms with van der Waals surface area (Å²) in [6, 6.07) is 7.76. The van der Waals surface area contributed by atoms with Gasteiger partial charge in [-0.15, -0.1) is 12.4 Å². The maximum Gasteiger partial charge on any atom is 0.236 e. The smallest absolute Gasteiger partial charge is 0.236 e. The second-order valence-corrected chi connectivity index (χ2v) is 5.62. The van der Waals surface area contributed by atoms with Crippen LogP contribution in [0.1, 0.15) is 25.3 Å². The quantitative estimate of drug-likeness (QED) is 0.889. The summed E-state index contributed by atoms with van der Waals surface area (Å²) in [7, 11) is 0. The lowest BCUT2D eigenvalue weighted by molar-refractivity contribution is -0.122. The first-order chi connectivity index (χ1) is 8.05. The highest BCUT2D eigenvalue weighted by Gasteiger charge is 2.45. The minimum absolute atomic E-state index is 0. The molecule has 1 aromatic rings. The molecule has 0 unspecified atom stereocenters. The normalized spacial score (nSPS) is 17.5. The molecule has 1 amide bonds. The van der Waals surface area contributed by atoms with E-state index in [1.165, 1.54) is 5.56 Å². The lowest BCUT2D eigenvalue weighted by Crippen LogP contribution is -2.41. The molecule has 1 saturated carbocycles. The highest BCUT2D eigenvalue weighted by molar-refractivity contribution is 9.10. The van der Waals surface area contributed by atoms with Crippen molar-refractivity contribution in [3.63, 3.8) is 0 Å². The first-order valence-electron chi connectivity index (χ1n) is 5.83. The van der Waals surface area contributed by atoms with Crippen molar-refractivity contribution >= 4 is 34.2 Å². The zero-order valence-corrected chi connectivity index (χ0v) is 12.7. The SMILES string of the molecule is C[C@@H](N)C(=O)NCC1(c2ccccc2Br)CC1.Cl. The summed E-state index contributed by atoms with van der Waals surface area (Å²) in [5.74, 6) is -0.0803. The molecule has 0 heterocycles. The number of rotatable bonds is 4. The lowest BCUT2D eigenvalue weighted by Gasteiger charge is -2.18. The van der Waals surface area contributed by atoms with Gasteiger partial charge in [0.1, 0.15) is 0 Å². The molecule has 3 N–H and O–H groups in total. The zero-order valence-electron chi connectivity index (χ0n) is 10.3. The van der Waals surface area contributed by atoms with E-state index < -0.39 is 6.04 Å². The van der Waals surface area contributed by atoms with Gasteiger partial charge in [-0.25, -0.2) is 0 Å². The van der Waals surface area contributed by atoms with Crippen LogP contribution in [-0.2, 0) is 10.2 Å². The largest absolute Gasteiger partial charge is 0.354 e. The van der Waals surface area contributed by atoms with Crippen LogP contribution < -0.4 is 11.1 Å². The summed E-state index contributed by atoms with van der Waals surface area (Å²) >= 11 is 3.57. The fourth-order valence-electron chi connectivity index (χ4n) is 2.00. The van der Waals surface area contributed by atoms with Crippen molar-refractivity contribution in [2.24, 2.45) is 5.73 Å². The van der Waals surface area contributed by atoms with E-state index in [-0.39, 0.29) is 23.7 Å². The molecule has 1 aliphatic rings. The first kappa shape index (κ1) is 15.5. The fourth-order valence-corrected chi connectivity index (χ4v) is 2.71. The van der Waals surface area contributed by atoms with Crippen molar-refractivity contribution in [1.82, 2.24) is 5.32 Å². The molecule has 100 valence electrons. The maximum absolute atomic E-state index is 11.5. The Morgan fingerprint density at radius 1 is 1.50 bits per heavy atom. The molecule has 3 nitrogen and oxygen atoms in total. The predicted molar refractivity (Wildman–Crippen MR) is 79.0 cm³/mol. The first-order valence-corrected chi connectivity index (χ1v) is 6.63. The minimum Gasteiger partial charge on any atom is -0.354 e. The molecule has 0 aromatic heterocycles. The molecule has 5 heteroatoms. The molecular formula is C13H18BrClN2O. The van der Waals surface area contributed by atoms with Gasteiger partial charge in [-0.05, 0) is 31.4 Å². The van der Waals surface area contributed by atoms with Gasteiger partial charge in [0.15, 0.2) is 0 Å². The van der Waals surface area contributed by atoms with Crippen molar-refractivity contribution in [3.05, 3.63) is 34.3 Å². The van der Waals surface area contributed by atoms with Crippen molar-refractivity contribution in [1.29, 1.82) is 0 Å². The topological polar surface area (TPSA) is 55.1 Å². The van der Waals surface area contributed by atoms with E-state index in [9.17, 15) is 4.79 Å². The molecule has 1 fully saturated rings. The predicted octanol–water partition coefficient (Wildman–Crippen LogP) is 2.37. The molecule has 2 rings (SSSR count). The van der Waals surface area contributed by atoms with Gasteiger partial charge in [-0.1, -0.05) is 34.1 Å². The molecule has 18 heavy (non-hydrogen) atoms. The Morgan fingerprint density at radius 3 is 2.61 bits per heavy atom. The molecule has 1 aromatic carbocycles. The van der Waals surface area contributed by atoms with Gasteiger partial charge in [0, 0.05) is 16.4 Å². The van der Waals surface area contributed by atoms with Crippen LogP contribution in [0.25, 0.3) is 0 Å². The van der Waals surface area contributed by atoms with Gasteiger partial charge in [0.2, 0.25) is 5.91 Å². The van der Waals surface area contributed by atoms with Crippen molar-refractivity contribution in [3.8, 4) is 0 Å². The number of carbonyl (C=O) groups is 1. The van der Waals surface area contributed by atoms with Crippen LogP contribution >= 0.6 is 28.3 Å². The Kier molecular flexibility index (Phi) is 5.20. The summed E-state index contributed by atoms with van der Waals surface area (Å²) in [6.45, 7) is 2.38. The maximum atomic E-state index is 11.5. The molecule has 1 aliphatic carbocycles. The molecule has 0 bridgehead atoms. The Morgan fingerprint density at radius 2 is 2.11 bits per heavy atom. The second-order valence-electron chi connectivity index (χ2n) is 4.77. The average molecular weight is 334 g/mol. The number of nitrogens with one attached hydrogen (secondary N) is 1. The van der Waals surface area contributed by atoms with Gasteiger partial charge in [0.25, 0.3) is 0 Å². The highest BCUT2D eigenvalue weighted by atomic mass is 79.9. The van der Waals surface area contributed by atoms with E-state index in [4.69, 9.17) is 5.73 Å². The number of benzene rings is 1. The van der Waals surface area contributed by atoms with Gasteiger partial charge in [-0.3, -0.25) is 4.79 Å². The molecule has 1 atom stereocenters. The Labute approximate surface area is 122 Å². The molecular weight excluding hydrogens is 316 g/mol. The Bertz CT molecular complexity index is 433. The second kappa shape index (κ2) is 6.04. The van der Waals surface area contributed by atoms with Crippen molar-refractivity contribution < 1.29 is 4.79 Å². The van der Waals surface area contributed by atoms with E-state index in [0.717, 1.165) is 17.3 Å². The fraction of sp³-hybridized carbons (Fsp3) is 0.462. The zero-order chi connectivity index (χ0) is 12.5. The van der Waals surface area contributed by atoms with E-state index in [2.05, 4.69) is 27.3 Å². The van der Waals surface area contributed by atoms with E-state index in [1.54, 1.807) is 6.92 Å². The number of halogens is 2. The van der Waals surface area contributed by atoms with Crippen molar-refractivity contribution in [2.75, 3.05) is 6.54 Å². The lowest BCUT2D eigenvalue weighted by atomic mass is 9.96. The average Bonchev–Trinajstić information content (AvgIpc) is 3.07. The van der Waals surface area contributed by atoms with Gasteiger partial charge in [-0.2, -0.15) is 0 Å². The van der Waals surface area contributed by atoms with Crippen LogP contribution in [0.3, 0.4) is 0 Å². The van der Waals surface area contributed by atoms with Gasteiger partial charge < -0.3 is 11.1 Å². The summed E-state index contributed by atoms with van der Waals surface area (Å²) in [5.41, 5.74) is 6.93. The van der Waals surface area contributed by atoms with E-state index in [0.29, 0.717) is 6.54 Å². The van der Waals surface area contributed by atoms with Crippen LogP contribution in [0.4, 0.5) is 0 Å². The summed E-state index contributed by atoms with van der Waals surface area (Å²) < 4.78 is 1.12. The standard InChI is InChI=1S/C13H17BrN2O.ClH/c1-9(15)12(17)16-8-13(6-7-13)10-4-2-3-5-11(10)14;/h2-5,9H,6-8,15H2,1H3,(H,16,17);1H/t9-;/m1./s1. The van der Waals surface area contributed by atoms with E-state index in [1.807, 2.05) is 18.2 Å². The van der Waals surface area contributed by atoms with Gasteiger partial charge in [0.05, 0.1) is 6.04 Å². The van der Waals surface area contributed by atoms with Gasteiger partial charge >= 0.3 is 0 Å². The number of amides is 1. The molecule has 0 spiro atoms. The Balaban J connectivity index is 0.00000162. The molecule has 0 aliphatic heterocycles. The summed E-state index contributed by atoms with van der Waals surface area (Å²) in [6.07, 6.45) is 2.24.